The fourth-order valence-corrected chi connectivity index (χ4v) is 7.03. The van der Waals surface area contributed by atoms with E-state index in [0.29, 0.717) is 24.5 Å². The Morgan fingerprint density at radius 1 is 1.16 bits per heavy atom. The van der Waals surface area contributed by atoms with E-state index in [1.807, 2.05) is 6.08 Å². The van der Waals surface area contributed by atoms with Crippen LogP contribution in [0.3, 0.4) is 0 Å². The van der Waals surface area contributed by atoms with Gasteiger partial charge in [0.25, 0.3) is 0 Å². The zero-order chi connectivity index (χ0) is 21.4. The van der Waals surface area contributed by atoms with E-state index in [-0.39, 0.29) is 5.41 Å². The SMILES string of the molecule is CSCOc1ccc(CN=C2C=CC(C(=O)O)=CC2)cc1C12CC3CC(CC(C3)C1)C2. The number of hydrogen-bond donors (Lipinski definition) is 1. The molecule has 1 aromatic rings. The molecule has 0 atom stereocenters. The molecule has 4 nitrogen and oxygen atoms in total. The smallest absolute Gasteiger partial charge is 0.335 e. The summed E-state index contributed by atoms with van der Waals surface area (Å²) in [6, 6.07) is 6.69. The van der Waals surface area contributed by atoms with E-state index in [1.165, 1.54) is 49.7 Å². The van der Waals surface area contributed by atoms with Crippen molar-refractivity contribution in [1.82, 2.24) is 0 Å². The number of carbonyl (C=O) groups is 1. The van der Waals surface area contributed by atoms with Gasteiger partial charge in [0.1, 0.15) is 11.7 Å². The molecule has 5 aliphatic rings. The maximum Gasteiger partial charge on any atom is 0.335 e. The van der Waals surface area contributed by atoms with Crippen molar-refractivity contribution in [2.75, 3.05) is 12.2 Å². The number of aliphatic carboxylic acids is 1. The van der Waals surface area contributed by atoms with Crippen LogP contribution in [0.25, 0.3) is 0 Å². The summed E-state index contributed by atoms with van der Waals surface area (Å²) >= 11 is 1.72. The first kappa shape index (κ1) is 20.9. The highest BCUT2D eigenvalue weighted by Gasteiger charge is 2.52. The third kappa shape index (κ3) is 4.21. The average Bonchev–Trinajstić information content (AvgIpc) is 2.76. The van der Waals surface area contributed by atoms with Gasteiger partial charge in [0, 0.05) is 17.7 Å². The van der Waals surface area contributed by atoms with Crippen LogP contribution in [0.15, 0.2) is 47.0 Å². The Morgan fingerprint density at radius 3 is 2.45 bits per heavy atom. The summed E-state index contributed by atoms with van der Waals surface area (Å²) in [5.41, 5.74) is 4.21. The third-order valence-corrected chi connectivity index (χ3v) is 8.04. The number of ether oxygens (including phenoxy) is 1. The van der Waals surface area contributed by atoms with Crippen LogP contribution in [-0.4, -0.2) is 29.0 Å². The molecule has 1 N–H and O–H groups in total. The molecule has 6 rings (SSSR count). The van der Waals surface area contributed by atoms with Gasteiger partial charge in [0.2, 0.25) is 0 Å². The predicted octanol–water partition coefficient (Wildman–Crippen LogP) is 5.77. The van der Waals surface area contributed by atoms with Gasteiger partial charge in [-0.05, 0) is 97.8 Å². The summed E-state index contributed by atoms with van der Waals surface area (Å²) in [5.74, 6) is 3.56. The Bertz CT molecular complexity index is 926. The number of benzene rings is 1. The van der Waals surface area contributed by atoms with Crippen LogP contribution in [0.2, 0.25) is 0 Å². The fourth-order valence-electron chi connectivity index (χ4n) is 6.78. The Labute approximate surface area is 188 Å². The van der Waals surface area contributed by atoms with Crippen LogP contribution in [0.4, 0.5) is 0 Å². The fraction of sp³-hybridized carbons (Fsp3) is 0.538. The molecule has 5 aliphatic carbocycles. The summed E-state index contributed by atoms with van der Waals surface area (Å²) in [4.78, 5) is 15.8. The minimum atomic E-state index is -0.878. The second kappa shape index (κ2) is 8.50. The van der Waals surface area contributed by atoms with Crippen molar-refractivity contribution in [3.63, 3.8) is 0 Å². The van der Waals surface area contributed by atoms with E-state index in [9.17, 15) is 4.79 Å². The van der Waals surface area contributed by atoms with Gasteiger partial charge in [-0.15, -0.1) is 11.8 Å². The number of nitrogens with zero attached hydrogens (tertiary/aromatic N) is 1. The van der Waals surface area contributed by atoms with Crippen molar-refractivity contribution in [3.8, 4) is 5.75 Å². The highest BCUT2D eigenvalue weighted by molar-refractivity contribution is 7.98. The summed E-state index contributed by atoms with van der Waals surface area (Å²) in [5, 5.41) is 9.09. The number of carboxylic acids is 1. The maximum absolute atomic E-state index is 11.1. The van der Waals surface area contributed by atoms with Gasteiger partial charge in [0.05, 0.1) is 12.1 Å². The van der Waals surface area contributed by atoms with E-state index < -0.39 is 5.97 Å². The molecule has 0 radical (unpaired) electrons. The number of aliphatic imine (C=N–C) groups is 1. The first-order valence-corrected chi connectivity index (χ1v) is 12.8. The third-order valence-electron chi connectivity index (χ3n) is 7.68. The maximum atomic E-state index is 11.1. The molecule has 0 aromatic heterocycles. The van der Waals surface area contributed by atoms with Gasteiger partial charge < -0.3 is 9.84 Å². The molecule has 0 spiro atoms. The lowest BCUT2D eigenvalue weighted by atomic mass is 9.48. The van der Waals surface area contributed by atoms with Crippen molar-refractivity contribution < 1.29 is 14.6 Å². The monoisotopic (exact) mass is 437 g/mol. The highest BCUT2D eigenvalue weighted by Crippen LogP contribution is 2.62. The van der Waals surface area contributed by atoms with Crippen molar-refractivity contribution >= 4 is 23.4 Å². The number of thioether (sulfide) groups is 1. The Hall–Kier alpha value is -2.01. The Balaban J connectivity index is 1.40. The molecule has 164 valence electrons. The molecule has 4 bridgehead atoms. The molecule has 4 saturated carbocycles. The predicted molar refractivity (Wildman–Crippen MR) is 126 cm³/mol. The number of rotatable bonds is 7. The number of carboxylic acid groups (broad SMARTS) is 1. The highest BCUT2D eigenvalue weighted by atomic mass is 32.2. The molecule has 0 heterocycles. The quantitative estimate of drug-likeness (QED) is 0.551. The summed E-state index contributed by atoms with van der Waals surface area (Å²) in [6.07, 6.45) is 16.1. The zero-order valence-electron chi connectivity index (χ0n) is 18.2. The summed E-state index contributed by atoms with van der Waals surface area (Å²) in [7, 11) is 0. The molecule has 0 saturated heterocycles. The first-order valence-electron chi connectivity index (χ1n) is 11.4. The van der Waals surface area contributed by atoms with Gasteiger partial charge in [-0.25, -0.2) is 4.79 Å². The lowest BCUT2D eigenvalue weighted by Crippen LogP contribution is -2.48. The van der Waals surface area contributed by atoms with Crippen LogP contribution in [-0.2, 0) is 16.8 Å². The van der Waals surface area contributed by atoms with E-state index >= 15 is 0 Å². The summed E-state index contributed by atoms with van der Waals surface area (Å²) in [6.45, 7) is 0.623. The molecule has 0 aliphatic heterocycles. The Kier molecular flexibility index (Phi) is 5.72. The molecule has 31 heavy (non-hydrogen) atoms. The molecule has 1 aromatic carbocycles. The van der Waals surface area contributed by atoms with Gasteiger partial charge in [-0.3, -0.25) is 4.99 Å². The van der Waals surface area contributed by atoms with Gasteiger partial charge >= 0.3 is 5.97 Å². The standard InChI is InChI=1S/C26H31NO3S/c1-31-16-30-24-7-2-17(15-27-22-5-3-21(4-6-22)25(28)29)11-23(24)26-12-18-8-19(13-26)10-20(9-18)14-26/h2-5,7,11,18-20H,6,8-10,12-16H2,1H3,(H,28,29). The van der Waals surface area contributed by atoms with E-state index in [4.69, 9.17) is 14.8 Å². The van der Waals surface area contributed by atoms with E-state index in [1.54, 1.807) is 23.9 Å². The van der Waals surface area contributed by atoms with Crippen LogP contribution < -0.4 is 4.74 Å². The van der Waals surface area contributed by atoms with Crippen LogP contribution in [0.5, 0.6) is 5.75 Å². The number of hydrogen-bond acceptors (Lipinski definition) is 4. The van der Waals surface area contributed by atoms with Crippen molar-refractivity contribution in [2.45, 2.75) is 56.9 Å². The lowest BCUT2D eigenvalue weighted by Gasteiger charge is -2.57. The van der Waals surface area contributed by atoms with Crippen LogP contribution >= 0.6 is 11.8 Å². The second-order valence-corrected chi connectivity index (χ2v) is 10.7. The van der Waals surface area contributed by atoms with Gasteiger partial charge in [-0.1, -0.05) is 12.1 Å². The molecule has 0 amide bonds. The van der Waals surface area contributed by atoms with Gasteiger partial charge in [-0.2, -0.15) is 0 Å². The molecular weight excluding hydrogens is 406 g/mol. The second-order valence-electron chi connectivity index (χ2n) is 9.89. The minimum Gasteiger partial charge on any atom is -0.483 e. The molecule has 4 fully saturated rings. The molecule has 5 heteroatoms. The summed E-state index contributed by atoms with van der Waals surface area (Å²) < 4.78 is 6.21. The topological polar surface area (TPSA) is 58.9 Å². The average molecular weight is 438 g/mol. The van der Waals surface area contributed by atoms with Crippen LogP contribution in [0.1, 0.15) is 56.1 Å². The number of allylic oxidation sites excluding steroid dienone is 2. The van der Waals surface area contributed by atoms with Crippen LogP contribution in [0, 0.1) is 17.8 Å². The lowest BCUT2D eigenvalue weighted by molar-refractivity contribution is -0.132. The van der Waals surface area contributed by atoms with Crippen molar-refractivity contribution in [3.05, 3.63) is 53.1 Å². The largest absolute Gasteiger partial charge is 0.483 e. The van der Waals surface area contributed by atoms with Crippen molar-refractivity contribution in [1.29, 1.82) is 0 Å². The normalized spacial score (nSPS) is 32.4. The molecular formula is C26H31NO3S. The minimum absolute atomic E-state index is 0.287. The van der Waals surface area contributed by atoms with E-state index in [0.717, 1.165) is 29.2 Å². The molecule has 0 unspecified atom stereocenters. The first-order chi connectivity index (χ1) is 15.0. The Morgan fingerprint density at radius 2 is 1.87 bits per heavy atom. The van der Waals surface area contributed by atoms with E-state index in [2.05, 4.69) is 24.5 Å². The zero-order valence-corrected chi connectivity index (χ0v) is 19.0. The van der Waals surface area contributed by atoms with Gasteiger partial charge in [0.15, 0.2) is 0 Å². The van der Waals surface area contributed by atoms with Crippen molar-refractivity contribution in [2.24, 2.45) is 22.7 Å².